The third-order valence-corrected chi connectivity index (χ3v) is 7.73. The van der Waals surface area contributed by atoms with Crippen molar-refractivity contribution in [1.29, 1.82) is 0 Å². The van der Waals surface area contributed by atoms with Gasteiger partial charge in [0.05, 0.1) is 12.0 Å². The molecule has 35 heavy (non-hydrogen) atoms. The molecule has 1 amide bonds. The number of ether oxygens (including phenoxy) is 1. The van der Waals surface area contributed by atoms with E-state index in [1.165, 1.54) is 12.1 Å². The Kier molecular flexibility index (Phi) is 7.90. The Balaban J connectivity index is 1.51. The molecule has 0 fully saturated rings. The van der Waals surface area contributed by atoms with Crippen LogP contribution in [0.1, 0.15) is 11.1 Å². The number of aromatic nitrogens is 1. The zero-order valence-corrected chi connectivity index (χ0v) is 21.5. The van der Waals surface area contributed by atoms with Gasteiger partial charge >= 0.3 is 0 Å². The summed E-state index contributed by atoms with van der Waals surface area (Å²) >= 11 is 3.31. The van der Waals surface area contributed by atoms with Crippen molar-refractivity contribution in [2.24, 2.45) is 0 Å². The van der Waals surface area contributed by atoms with Gasteiger partial charge in [0.2, 0.25) is 15.9 Å². The smallest absolute Gasteiger partial charge is 0.241 e. The van der Waals surface area contributed by atoms with Crippen molar-refractivity contribution in [3.05, 3.63) is 94.6 Å². The molecule has 1 heterocycles. The zero-order valence-electron chi connectivity index (χ0n) is 19.1. The number of hydrogen-bond acceptors (Lipinski definition) is 4. The fourth-order valence-corrected chi connectivity index (χ4v) is 5.28. The van der Waals surface area contributed by atoms with Gasteiger partial charge in [-0.1, -0.05) is 46.3 Å². The largest absolute Gasteiger partial charge is 0.497 e. The molecule has 4 aromatic rings. The maximum Gasteiger partial charge on any atom is 0.241 e. The summed E-state index contributed by atoms with van der Waals surface area (Å²) in [5.41, 5.74) is 2.82. The lowest BCUT2D eigenvalue weighted by molar-refractivity contribution is -0.122. The summed E-state index contributed by atoms with van der Waals surface area (Å²) in [7, 11) is -2.31. The molecule has 0 bridgehead atoms. The number of carbonyl (C=O) groups excluding carboxylic acids is 1. The second kappa shape index (κ2) is 11.1. The van der Waals surface area contributed by atoms with Gasteiger partial charge in [0.15, 0.2) is 0 Å². The number of rotatable bonds is 10. The third-order valence-electron chi connectivity index (χ3n) is 5.71. The number of amides is 1. The Morgan fingerprint density at radius 1 is 1.03 bits per heavy atom. The van der Waals surface area contributed by atoms with Crippen molar-refractivity contribution < 1.29 is 17.9 Å². The molecule has 0 aliphatic rings. The molecular weight excluding hydrogens is 530 g/mol. The van der Waals surface area contributed by atoms with Crippen LogP contribution in [0.4, 0.5) is 0 Å². The van der Waals surface area contributed by atoms with Crippen molar-refractivity contribution in [2.45, 2.75) is 23.8 Å². The van der Waals surface area contributed by atoms with E-state index in [0.717, 1.165) is 32.3 Å². The maximum absolute atomic E-state index is 13.2. The number of benzene rings is 3. The first-order chi connectivity index (χ1) is 16.9. The van der Waals surface area contributed by atoms with Crippen LogP contribution in [0.5, 0.6) is 5.75 Å². The number of aromatic amines is 1. The van der Waals surface area contributed by atoms with Gasteiger partial charge in [0.1, 0.15) is 11.8 Å². The molecule has 4 rings (SSSR count). The number of halogens is 1. The molecule has 0 saturated carbocycles. The SMILES string of the molecule is COc1ccc(CCNC(=O)C(Cc2c[nH]c3ccccc23)NS(=O)(=O)c2ccc(Br)cc2)cc1. The summed E-state index contributed by atoms with van der Waals surface area (Å²) in [6, 6.07) is 20.6. The highest BCUT2D eigenvalue weighted by Gasteiger charge is 2.27. The number of methoxy groups -OCH3 is 1. The molecule has 3 N–H and O–H groups in total. The predicted molar refractivity (Wildman–Crippen MR) is 140 cm³/mol. The van der Waals surface area contributed by atoms with Crippen molar-refractivity contribution in [3.8, 4) is 5.75 Å². The molecule has 9 heteroatoms. The second-order valence-corrected chi connectivity index (χ2v) is 10.7. The summed E-state index contributed by atoms with van der Waals surface area (Å²) in [6.07, 6.45) is 2.62. The molecule has 0 aliphatic heterocycles. The minimum absolute atomic E-state index is 0.0932. The molecule has 3 aromatic carbocycles. The lowest BCUT2D eigenvalue weighted by Gasteiger charge is -2.19. The van der Waals surface area contributed by atoms with Gasteiger partial charge in [0, 0.05) is 28.1 Å². The van der Waals surface area contributed by atoms with E-state index in [1.807, 2.05) is 54.7 Å². The van der Waals surface area contributed by atoms with Crippen molar-refractivity contribution in [3.63, 3.8) is 0 Å². The topological polar surface area (TPSA) is 100 Å². The van der Waals surface area contributed by atoms with Crippen LogP contribution < -0.4 is 14.8 Å². The Bertz CT molecular complexity index is 1400. The van der Waals surface area contributed by atoms with Gasteiger partial charge in [-0.2, -0.15) is 4.72 Å². The lowest BCUT2D eigenvalue weighted by Crippen LogP contribution is -2.48. The van der Waals surface area contributed by atoms with E-state index in [0.29, 0.717) is 13.0 Å². The second-order valence-electron chi connectivity index (χ2n) is 8.08. The summed E-state index contributed by atoms with van der Waals surface area (Å²) in [5, 5.41) is 3.84. The summed E-state index contributed by atoms with van der Waals surface area (Å²) < 4.78 is 34.7. The fraction of sp³-hybridized carbons (Fsp3) is 0.192. The van der Waals surface area contributed by atoms with Crippen LogP contribution in [0, 0.1) is 0 Å². The van der Waals surface area contributed by atoms with Crippen molar-refractivity contribution in [1.82, 2.24) is 15.0 Å². The Morgan fingerprint density at radius 3 is 2.46 bits per heavy atom. The Labute approximate surface area is 213 Å². The molecule has 182 valence electrons. The molecule has 1 atom stereocenters. The summed E-state index contributed by atoms with van der Waals surface area (Å²) in [4.78, 5) is 16.5. The van der Waals surface area contributed by atoms with Crippen LogP contribution in [0.2, 0.25) is 0 Å². The van der Waals surface area contributed by atoms with Gasteiger partial charge in [-0.3, -0.25) is 4.79 Å². The van der Waals surface area contributed by atoms with Crippen molar-refractivity contribution in [2.75, 3.05) is 13.7 Å². The number of fused-ring (bicyclic) bond motifs is 1. The average Bonchev–Trinajstić information content (AvgIpc) is 3.27. The van der Waals surface area contributed by atoms with E-state index in [9.17, 15) is 13.2 Å². The average molecular weight is 556 g/mol. The highest BCUT2D eigenvalue weighted by atomic mass is 79.9. The molecule has 1 aromatic heterocycles. The van der Waals surface area contributed by atoms with E-state index in [1.54, 1.807) is 19.2 Å². The monoisotopic (exact) mass is 555 g/mol. The number of para-hydroxylation sites is 1. The molecule has 0 spiro atoms. The van der Waals surface area contributed by atoms with Crippen LogP contribution in [0.15, 0.2) is 88.4 Å². The lowest BCUT2D eigenvalue weighted by atomic mass is 10.0. The van der Waals surface area contributed by atoms with E-state index >= 15 is 0 Å². The first-order valence-corrected chi connectivity index (χ1v) is 13.4. The van der Waals surface area contributed by atoms with Crippen LogP contribution in [-0.4, -0.2) is 39.0 Å². The normalized spacial score (nSPS) is 12.4. The van der Waals surface area contributed by atoms with E-state index < -0.39 is 16.1 Å². The molecular formula is C26H26BrN3O4S. The number of H-pyrrole nitrogens is 1. The van der Waals surface area contributed by atoms with Gasteiger partial charge in [-0.15, -0.1) is 0 Å². The molecule has 1 unspecified atom stereocenters. The Hall–Kier alpha value is -3.14. The number of hydrogen-bond donors (Lipinski definition) is 3. The number of sulfonamides is 1. The summed E-state index contributed by atoms with van der Waals surface area (Å²) in [5.74, 6) is 0.378. The van der Waals surface area contributed by atoms with E-state index in [2.05, 4.69) is 31.0 Å². The first kappa shape index (κ1) is 25.0. The fourth-order valence-electron chi connectivity index (χ4n) is 3.82. The van der Waals surface area contributed by atoms with Gasteiger partial charge in [-0.05, 0) is 66.4 Å². The van der Waals surface area contributed by atoms with Crippen LogP contribution >= 0.6 is 15.9 Å². The quantitative estimate of drug-likeness (QED) is 0.273. The van der Waals surface area contributed by atoms with Gasteiger partial charge < -0.3 is 15.0 Å². The molecule has 0 saturated heterocycles. The predicted octanol–water partition coefficient (Wildman–Crippen LogP) is 4.19. The van der Waals surface area contributed by atoms with Crippen molar-refractivity contribution >= 4 is 42.8 Å². The summed E-state index contributed by atoms with van der Waals surface area (Å²) in [6.45, 7) is 0.371. The highest BCUT2D eigenvalue weighted by Crippen LogP contribution is 2.21. The standard InChI is InChI=1S/C26H26BrN3O4S/c1-34-21-10-6-18(7-11-21)14-15-28-26(31)25(16-19-17-29-24-5-3-2-4-23(19)24)30-35(32,33)22-12-8-20(27)9-13-22/h2-13,17,25,29-30H,14-16H2,1H3,(H,28,31). The Morgan fingerprint density at radius 2 is 1.74 bits per heavy atom. The highest BCUT2D eigenvalue weighted by molar-refractivity contribution is 9.10. The first-order valence-electron chi connectivity index (χ1n) is 11.1. The van der Waals surface area contributed by atoms with E-state index in [4.69, 9.17) is 4.74 Å². The molecule has 7 nitrogen and oxygen atoms in total. The van der Waals surface area contributed by atoms with Crippen LogP contribution in [-0.2, 0) is 27.7 Å². The maximum atomic E-state index is 13.2. The van der Waals surface area contributed by atoms with Crippen LogP contribution in [0.3, 0.4) is 0 Å². The van der Waals surface area contributed by atoms with Crippen LogP contribution in [0.25, 0.3) is 10.9 Å². The van der Waals surface area contributed by atoms with E-state index in [-0.39, 0.29) is 17.2 Å². The number of carbonyl (C=O) groups is 1. The minimum Gasteiger partial charge on any atom is -0.497 e. The minimum atomic E-state index is -3.92. The molecule has 0 aliphatic carbocycles. The zero-order chi connectivity index (χ0) is 24.8. The van der Waals surface area contributed by atoms with Gasteiger partial charge in [0.25, 0.3) is 0 Å². The number of nitrogens with one attached hydrogen (secondary N) is 3. The van der Waals surface area contributed by atoms with Gasteiger partial charge in [-0.25, -0.2) is 8.42 Å². The third kappa shape index (κ3) is 6.30. The molecule has 0 radical (unpaired) electrons.